The first-order chi connectivity index (χ1) is 22.2. The zero-order valence-electron chi connectivity index (χ0n) is 30.1. The maximum absolute atomic E-state index is 12.3. The van der Waals surface area contributed by atoms with Gasteiger partial charge in [-0.3, -0.25) is 4.79 Å². The molecular formula is C41H77NO3. The van der Waals surface area contributed by atoms with Crippen molar-refractivity contribution in [1.29, 1.82) is 0 Å². The van der Waals surface area contributed by atoms with Gasteiger partial charge in [-0.15, -0.1) is 0 Å². The lowest BCUT2D eigenvalue weighted by molar-refractivity contribution is -0.123. The van der Waals surface area contributed by atoms with Crippen molar-refractivity contribution in [2.24, 2.45) is 0 Å². The minimum atomic E-state index is -0.863. The Hall–Kier alpha value is -1.39. The molecule has 3 N–H and O–H groups in total. The van der Waals surface area contributed by atoms with E-state index in [2.05, 4.69) is 43.5 Å². The monoisotopic (exact) mass is 632 g/mol. The minimum Gasteiger partial charge on any atom is -0.394 e. The van der Waals surface area contributed by atoms with Gasteiger partial charge in [-0.1, -0.05) is 172 Å². The summed E-state index contributed by atoms with van der Waals surface area (Å²) in [4.78, 5) is 12.3. The summed E-state index contributed by atoms with van der Waals surface area (Å²) in [5.74, 6) is -0.0830. The van der Waals surface area contributed by atoms with Crippen LogP contribution in [0.2, 0.25) is 0 Å². The second-order valence-electron chi connectivity index (χ2n) is 13.3. The molecular weight excluding hydrogens is 554 g/mol. The molecule has 0 rings (SSSR count). The van der Waals surface area contributed by atoms with Crippen molar-refractivity contribution in [3.63, 3.8) is 0 Å². The number of amides is 1. The summed E-state index contributed by atoms with van der Waals surface area (Å²) in [5, 5.41) is 22.9. The van der Waals surface area contributed by atoms with E-state index in [0.717, 1.165) is 44.9 Å². The Morgan fingerprint density at radius 3 is 1.29 bits per heavy atom. The number of allylic oxidation sites excluding steroid dienone is 5. The van der Waals surface area contributed by atoms with Crippen molar-refractivity contribution in [3.8, 4) is 0 Å². The first kappa shape index (κ1) is 43.6. The molecule has 0 aliphatic heterocycles. The molecule has 0 aromatic rings. The predicted octanol–water partition coefficient (Wildman–Crippen LogP) is 11.8. The fourth-order valence-electron chi connectivity index (χ4n) is 5.78. The van der Waals surface area contributed by atoms with Crippen LogP contribution in [0.4, 0.5) is 0 Å². The molecule has 0 radical (unpaired) electrons. The van der Waals surface area contributed by atoms with E-state index in [0.29, 0.717) is 6.42 Å². The SMILES string of the molecule is CCCCCCCCCCC/C=C\CCCCCCCC(=O)NC(CO)C(O)/C=C/CC/C=C/CCCCCCCCCCC. The average molecular weight is 632 g/mol. The molecule has 264 valence electrons. The fourth-order valence-corrected chi connectivity index (χ4v) is 5.78. The molecule has 0 aliphatic rings. The van der Waals surface area contributed by atoms with Crippen LogP contribution in [0.3, 0.4) is 0 Å². The van der Waals surface area contributed by atoms with Crippen LogP contribution in [-0.2, 0) is 4.79 Å². The number of nitrogens with one attached hydrogen (secondary N) is 1. The van der Waals surface area contributed by atoms with Gasteiger partial charge in [0.25, 0.3) is 0 Å². The van der Waals surface area contributed by atoms with Crippen LogP contribution in [0.25, 0.3) is 0 Å². The van der Waals surface area contributed by atoms with Crippen LogP contribution in [-0.4, -0.2) is 34.9 Å². The number of aliphatic hydroxyl groups excluding tert-OH is 2. The summed E-state index contributed by atoms with van der Waals surface area (Å²) >= 11 is 0. The predicted molar refractivity (Wildman–Crippen MR) is 198 cm³/mol. The van der Waals surface area contributed by atoms with E-state index in [9.17, 15) is 15.0 Å². The molecule has 0 saturated carbocycles. The fraction of sp³-hybridized carbons (Fsp3) is 0.829. The van der Waals surface area contributed by atoms with Crippen molar-refractivity contribution in [2.45, 2.75) is 212 Å². The summed E-state index contributed by atoms with van der Waals surface area (Å²) in [6.45, 7) is 4.28. The third-order valence-electron chi connectivity index (χ3n) is 8.85. The molecule has 45 heavy (non-hydrogen) atoms. The summed E-state index contributed by atoms with van der Waals surface area (Å²) in [6.07, 6.45) is 48.1. The van der Waals surface area contributed by atoms with E-state index in [4.69, 9.17) is 0 Å². The molecule has 0 aliphatic carbocycles. The normalized spacial score (nSPS) is 13.4. The van der Waals surface area contributed by atoms with E-state index < -0.39 is 12.1 Å². The number of unbranched alkanes of at least 4 members (excludes halogenated alkanes) is 24. The third-order valence-corrected chi connectivity index (χ3v) is 8.85. The number of rotatable bonds is 35. The molecule has 2 atom stereocenters. The molecule has 0 heterocycles. The van der Waals surface area contributed by atoms with Gasteiger partial charge in [0, 0.05) is 6.42 Å². The van der Waals surface area contributed by atoms with Gasteiger partial charge in [0.05, 0.1) is 18.8 Å². The molecule has 0 spiro atoms. The molecule has 0 bridgehead atoms. The van der Waals surface area contributed by atoms with Gasteiger partial charge in [0.15, 0.2) is 0 Å². The zero-order valence-corrected chi connectivity index (χ0v) is 30.1. The average Bonchev–Trinajstić information content (AvgIpc) is 3.04. The third kappa shape index (κ3) is 33.8. The number of hydrogen-bond acceptors (Lipinski definition) is 3. The van der Waals surface area contributed by atoms with Gasteiger partial charge in [-0.05, 0) is 57.8 Å². The molecule has 4 nitrogen and oxygen atoms in total. The molecule has 1 amide bonds. The summed E-state index contributed by atoms with van der Waals surface area (Å²) in [6, 6.07) is -0.640. The standard InChI is InChI=1S/C41H77NO3/c1-3-5-7-9-11-13-15-17-19-20-21-23-25-27-29-31-33-35-37-41(45)42-39(38-43)40(44)36-34-32-30-28-26-24-22-18-16-14-12-10-8-6-4-2/h21,23,26,28,34,36,39-40,43-44H,3-20,22,24-25,27,29-33,35,37-38H2,1-2H3,(H,42,45)/b23-21-,28-26+,36-34+. The van der Waals surface area contributed by atoms with Crippen molar-refractivity contribution >= 4 is 5.91 Å². The highest BCUT2D eigenvalue weighted by molar-refractivity contribution is 5.76. The highest BCUT2D eigenvalue weighted by Gasteiger charge is 2.17. The summed E-state index contributed by atoms with van der Waals surface area (Å²) < 4.78 is 0. The largest absolute Gasteiger partial charge is 0.394 e. The van der Waals surface area contributed by atoms with E-state index in [1.54, 1.807) is 6.08 Å². The second kappa shape index (κ2) is 37.1. The van der Waals surface area contributed by atoms with Gasteiger partial charge < -0.3 is 15.5 Å². The lowest BCUT2D eigenvalue weighted by atomic mass is 10.1. The Kier molecular flexibility index (Phi) is 35.9. The van der Waals surface area contributed by atoms with Crippen molar-refractivity contribution in [3.05, 3.63) is 36.5 Å². The molecule has 2 unspecified atom stereocenters. The number of hydrogen-bond donors (Lipinski definition) is 3. The van der Waals surface area contributed by atoms with Gasteiger partial charge in [0.2, 0.25) is 5.91 Å². The highest BCUT2D eigenvalue weighted by Crippen LogP contribution is 2.13. The number of carbonyl (C=O) groups excluding carboxylic acids is 1. The number of carbonyl (C=O) groups is 1. The van der Waals surface area contributed by atoms with E-state index in [1.165, 1.54) is 135 Å². The Morgan fingerprint density at radius 1 is 0.511 bits per heavy atom. The van der Waals surface area contributed by atoms with Crippen LogP contribution in [0, 0.1) is 0 Å². The van der Waals surface area contributed by atoms with Crippen molar-refractivity contribution in [2.75, 3.05) is 6.61 Å². The second-order valence-corrected chi connectivity index (χ2v) is 13.3. The first-order valence-corrected chi connectivity index (χ1v) is 19.7. The molecule has 0 aromatic carbocycles. The van der Waals surface area contributed by atoms with Crippen molar-refractivity contribution < 1.29 is 15.0 Å². The zero-order chi connectivity index (χ0) is 32.9. The first-order valence-electron chi connectivity index (χ1n) is 19.7. The van der Waals surface area contributed by atoms with Crippen LogP contribution in [0.15, 0.2) is 36.5 Å². The molecule has 0 saturated heterocycles. The number of aliphatic hydroxyl groups is 2. The van der Waals surface area contributed by atoms with Gasteiger partial charge in [-0.25, -0.2) is 0 Å². The van der Waals surface area contributed by atoms with Crippen LogP contribution in [0.1, 0.15) is 200 Å². The molecule has 0 aromatic heterocycles. The van der Waals surface area contributed by atoms with Gasteiger partial charge in [-0.2, -0.15) is 0 Å². The van der Waals surface area contributed by atoms with E-state index in [1.807, 2.05) is 6.08 Å². The summed E-state index contributed by atoms with van der Waals surface area (Å²) in [7, 11) is 0. The smallest absolute Gasteiger partial charge is 0.220 e. The van der Waals surface area contributed by atoms with Gasteiger partial charge in [0.1, 0.15) is 0 Å². The molecule has 0 fully saturated rings. The van der Waals surface area contributed by atoms with Crippen molar-refractivity contribution in [1.82, 2.24) is 5.32 Å². The summed E-state index contributed by atoms with van der Waals surface area (Å²) in [5.41, 5.74) is 0. The van der Waals surface area contributed by atoms with E-state index >= 15 is 0 Å². The lowest BCUT2D eigenvalue weighted by Gasteiger charge is -2.19. The maximum Gasteiger partial charge on any atom is 0.220 e. The van der Waals surface area contributed by atoms with Gasteiger partial charge >= 0.3 is 0 Å². The Labute approximate surface area is 281 Å². The topological polar surface area (TPSA) is 69.6 Å². The quantitative estimate of drug-likeness (QED) is 0.0481. The Bertz CT molecular complexity index is 686. The van der Waals surface area contributed by atoms with Crippen LogP contribution < -0.4 is 5.32 Å². The maximum atomic E-state index is 12.3. The Balaban J connectivity index is 3.66. The van der Waals surface area contributed by atoms with Crippen LogP contribution in [0.5, 0.6) is 0 Å². The van der Waals surface area contributed by atoms with Crippen LogP contribution >= 0.6 is 0 Å². The Morgan fingerprint density at radius 2 is 0.867 bits per heavy atom. The highest BCUT2D eigenvalue weighted by atomic mass is 16.3. The lowest BCUT2D eigenvalue weighted by Crippen LogP contribution is -2.45. The minimum absolute atomic E-state index is 0.0830. The molecule has 4 heteroatoms. The van der Waals surface area contributed by atoms with E-state index in [-0.39, 0.29) is 12.5 Å².